The second kappa shape index (κ2) is 4.31. The van der Waals surface area contributed by atoms with Gasteiger partial charge in [0.05, 0.1) is 12.2 Å². The maximum atomic E-state index is 9.99. The molecule has 3 N–H and O–H groups in total. The molecule has 0 radical (unpaired) electrons. The molecule has 0 aliphatic carbocycles. The molecule has 1 aromatic rings. The minimum absolute atomic E-state index is 0.143. The molecule has 0 saturated carbocycles. The fourth-order valence-corrected chi connectivity index (χ4v) is 1.86. The molecule has 1 aliphatic rings. The summed E-state index contributed by atoms with van der Waals surface area (Å²) in [6.45, 7) is 3.63. The van der Waals surface area contributed by atoms with Crippen LogP contribution in [0.25, 0.3) is 0 Å². The lowest BCUT2D eigenvalue weighted by Crippen LogP contribution is -2.60. The first-order valence-corrected chi connectivity index (χ1v) is 5.51. The van der Waals surface area contributed by atoms with E-state index in [2.05, 4.69) is 5.32 Å². The van der Waals surface area contributed by atoms with Crippen molar-refractivity contribution in [2.24, 2.45) is 0 Å². The van der Waals surface area contributed by atoms with Crippen molar-refractivity contribution in [3.63, 3.8) is 0 Å². The zero-order chi connectivity index (χ0) is 11.6. The normalized spacial score (nSPS) is 17.9. The molecule has 0 atom stereocenters. The average Bonchev–Trinajstić information content (AvgIpc) is 2.21. The Morgan fingerprint density at radius 1 is 1.44 bits per heavy atom. The van der Waals surface area contributed by atoms with Crippen LogP contribution in [0.1, 0.15) is 12.5 Å². The van der Waals surface area contributed by atoms with Gasteiger partial charge in [0.25, 0.3) is 0 Å². The zero-order valence-corrected chi connectivity index (χ0v) is 9.36. The fraction of sp³-hybridized carbons (Fsp3) is 0.500. The molecule has 0 aromatic heterocycles. The van der Waals surface area contributed by atoms with Gasteiger partial charge in [-0.3, -0.25) is 0 Å². The molecule has 0 spiro atoms. The summed E-state index contributed by atoms with van der Waals surface area (Å²) < 4.78 is 5.30. The molecular weight excluding hydrogens is 206 g/mol. The third kappa shape index (κ3) is 2.28. The topological polar surface area (TPSA) is 61.7 Å². The number of hydrogen-bond donors (Lipinski definition) is 3. The van der Waals surface area contributed by atoms with E-state index in [1.165, 1.54) is 0 Å². The highest BCUT2D eigenvalue weighted by molar-refractivity contribution is 5.42. The molecule has 1 fully saturated rings. The largest absolute Gasteiger partial charge is 0.504 e. The third-order valence-electron chi connectivity index (χ3n) is 2.77. The lowest BCUT2D eigenvalue weighted by Gasteiger charge is -2.37. The minimum atomic E-state index is -0.638. The number of phenolic OH excluding ortho intramolecular Hbond substituents is 1. The first-order chi connectivity index (χ1) is 7.63. The molecule has 0 amide bonds. The van der Waals surface area contributed by atoms with E-state index in [9.17, 15) is 10.2 Å². The lowest BCUT2D eigenvalue weighted by atomic mass is 9.89. The summed E-state index contributed by atoms with van der Waals surface area (Å²) in [4.78, 5) is 0. The number of phenols is 1. The Bertz CT molecular complexity index is 375. The van der Waals surface area contributed by atoms with Crippen LogP contribution in [-0.2, 0) is 6.42 Å². The van der Waals surface area contributed by atoms with Crippen molar-refractivity contribution in [3.05, 3.63) is 23.8 Å². The van der Waals surface area contributed by atoms with Crippen molar-refractivity contribution in [1.29, 1.82) is 0 Å². The standard InChI is InChI=1S/C12H17NO3/c1-2-16-11-5-9(3-4-10(11)14)6-12(15)7-13-8-12/h3-5,13-15H,2,6-8H2,1H3. The molecule has 88 valence electrons. The van der Waals surface area contributed by atoms with Gasteiger partial charge in [0, 0.05) is 19.5 Å². The van der Waals surface area contributed by atoms with Crippen molar-refractivity contribution < 1.29 is 14.9 Å². The van der Waals surface area contributed by atoms with Gasteiger partial charge in [-0.25, -0.2) is 0 Å². The number of rotatable bonds is 4. The van der Waals surface area contributed by atoms with Crippen LogP contribution >= 0.6 is 0 Å². The summed E-state index contributed by atoms with van der Waals surface area (Å²) in [6.07, 6.45) is 0.584. The lowest BCUT2D eigenvalue weighted by molar-refractivity contribution is -0.00906. The maximum absolute atomic E-state index is 9.99. The fourth-order valence-electron chi connectivity index (χ4n) is 1.86. The van der Waals surface area contributed by atoms with Crippen LogP contribution < -0.4 is 10.1 Å². The van der Waals surface area contributed by atoms with E-state index in [1.54, 1.807) is 12.1 Å². The molecule has 1 aliphatic heterocycles. The van der Waals surface area contributed by atoms with Crippen LogP contribution in [0.5, 0.6) is 11.5 Å². The number of ether oxygens (including phenoxy) is 1. The van der Waals surface area contributed by atoms with Crippen LogP contribution in [0.4, 0.5) is 0 Å². The molecule has 4 heteroatoms. The van der Waals surface area contributed by atoms with E-state index in [1.807, 2.05) is 13.0 Å². The minimum Gasteiger partial charge on any atom is -0.504 e. The molecule has 16 heavy (non-hydrogen) atoms. The molecule has 4 nitrogen and oxygen atoms in total. The van der Waals surface area contributed by atoms with Gasteiger partial charge in [0.15, 0.2) is 11.5 Å². The van der Waals surface area contributed by atoms with Crippen molar-refractivity contribution in [1.82, 2.24) is 5.32 Å². The maximum Gasteiger partial charge on any atom is 0.161 e. The van der Waals surface area contributed by atoms with E-state index in [0.29, 0.717) is 31.9 Å². The van der Waals surface area contributed by atoms with Crippen molar-refractivity contribution in [2.75, 3.05) is 19.7 Å². The van der Waals surface area contributed by atoms with Gasteiger partial charge in [0.2, 0.25) is 0 Å². The quantitative estimate of drug-likeness (QED) is 0.702. The van der Waals surface area contributed by atoms with E-state index >= 15 is 0 Å². The number of hydrogen-bond acceptors (Lipinski definition) is 4. The molecule has 0 bridgehead atoms. The summed E-state index contributed by atoms with van der Waals surface area (Å²) in [5.74, 6) is 0.625. The molecule has 0 unspecified atom stereocenters. The van der Waals surface area contributed by atoms with E-state index in [-0.39, 0.29) is 5.75 Å². The predicted molar refractivity (Wildman–Crippen MR) is 60.8 cm³/mol. The van der Waals surface area contributed by atoms with Gasteiger partial charge >= 0.3 is 0 Å². The Morgan fingerprint density at radius 2 is 2.19 bits per heavy atom. The SMILES string of the molecule is CCOc1cc(CC2(O)CNC2)ccc1O. The van der Waals surface area contributed by atoms with Gasteiger partial charge in [-0.2, -0.15) is 0 Å². The smallest absolute Gasteiger partial charge is 0.161 e. The predicted octanol–water partition coefficient (Wildman–Crippen LogP) is 0.668. The summed E-state index contributed by atoms with van der Waals surface area (Å²) in [7, 11) is 0. The van der Waals surface area contributed by atoms with Gasteiger partial charge in [-0.15, -0.1) is 0 Å². The van der Waals surface area contributed by atoms with Gasteiger partial charge < -0.3 is 20.3 Å². The highest BCUT2D eigenvalue weighted by atomic mass is 16.5. The van der Waals surface area contributed by atoms with Gasteiger partial charge in [-0.05, 0) is 24.6 Å². The summed E-state index contributed by atoms with van der Waals surface area (Å²) in [5, 5.41) is 22.6. The molecule has 1 saturated heterocycles. The molecular formula is C12H17NO3. The van der Waals surface area contributed by atoms with Crippen LogP contribution in [0.15, 0.2) is 18.2 Å². The monoisotopic (exact) mass is 223 g/mol. The van der Waals surface area contributed by atoms with Crippen molar-refractivity contribution >= 4 is 0 Å². The van der Waals surface area contributed by atoms with Crippen LogP contribution in [-0.4, -0.2) is 35.5 Å². The second-order valence-electron chi connectivity index (χ2n) is 4.24. The van der Waals surface area contributed by atoms with E-state index < -0.39 is 5.60 Å². The van der Waals surface area contributed by atoms with Crippen LogP contribution in [0.2, 0.25) is 0 Å². The Morgan fingerprint density at radius 3 is 2.75 bits per heavy atom. The molecule has 1 aromatic carbocycles. The second-order valence-corrected chi connectivity index (χ2v) is 4.24. The van der Waals surface area contributed by atoms with Gasteiger partial charge in [-0.1, -0.05) is 6.07 Å². The number of nitrogens with one attached hydrogen (secondary N) is 1. The number of benzene rings is 1. The highest BCUT2D eigenvalue weighted by Crippen LogP contribution is 2.29. The van der Waals surface area contributed by atoms with Gasteiger partial charge in [0.1, 0.15) is 0 Å². The number of β-amino-alcohol motifs (C(OH)–C–C–N with tert-alkyl or cyclic N) is 1. The molecule has 1 heterocycles. The first kappa shape index (κ1) is 11.2. The zero-order valence-electron chi connectivity index (χ0n) is 9.36. The van der Waals surface area contributed by atoms with E-state index in [4.69, 9.17) is 4.74 Å². The summed E-state index contributed by atoms with van der Waals surface area (Å²) in [5.41, 5.74) is 0.339. The number of aromatic hydroxyl groups is 1. The summed E-state index contributed by atoms with van der Waals surface area (Å²) in [6, 6.07) is 5.21. The van der Waals surface area contributed by atoms with Crippen LogP contribution in [0, 0.1) is 0 Å². The Hall–Kier alpha value is -1.26. The van der Waals surface area contributed by atoms with E-state index in [0.717, 1.165) is 5.56 Å². The Labute approximate surface area is 94.9 Å². The first-order valence-electron chi connectivity index (χ1n) is 5.51. The van der Waals surface area contributed by atoms with Crippen molar-refractivity contribution in [2.45, 2.75) is 18.9 Å². The molecule has 2 rings (SSSR count). The number of aliphatic hydroxyl groups is 1. The Kier molecular flexibility index (Phi) is 3.03. The average molecular weight is 223 g/mol. The summed E-state index contributed by atoms with van der Waals surface area (Å²) >= 11 is 0. The van der Waals surface area contributed by atoms with Crippen molar-refractivity contribution in [3.8, 4) is 11.5 Å². The van der Waals surface area contributed by atoms with Crippen LogP contribution in [0.3, 0.4) is 0 Å². The third-order valence-corrected chi connectivity index (χ3v) is 2.77. The Balaban J connectivity index is 2.12. The highest BCUT2D eigenvalue weighted by Gasteiger charge is 2.34.